The maximum atomic E-state index is 12.1. The molecule has 1 aromatic heterocycles. The highest BCUT2D eigenvalue weighted by Gasteiger charge is 2.41. The van der Waals surface area contributed by atoms with Crippen LogP contribution in [0.3, 0.4) is 0 Å². The fourth-order valence-corrected chi connectivity index (χ4v) is 3.06. The molecule has 1 N–H and O–H groups in total. The summed E-state index contributed by atoms with van der Waals surface area (Å²) in [5.74, 6) is 1.46. The molecule has 4 rings (SSSR count). The average Bonchev–Trinajstić information content (AvgIpc) is 3.50. The summed E-state index contributed by atoms with van der Waals surface area (Å²) in [6, 6.07) is 10.4. The van der Waals surface area contributed by atoms with Gasteiger partial charge in [0.25, 0.3) is 0 Å². The molecule has 2 saturated carbocycles. The average molecular weight is 307 g/mol. The summed E-state index contributed by atoms with van der Waals surface area (Å²) in [6.07, 6.45) is 12.3. The topological polar surface area (TPSA) is 46.9 Å². The third-order valence-electron chi connectivity index (χ3n) is 4.62. The van der Waals surface area contributed by atoms with Crippen LogP contribution in [-0.4, -0.2) is 21.7 Å². The molecule has 0 bridgehead atoms. The van der Waals surface area contributed by atoms with E-state index in [1.165, 1.54) is 25.7 Å². The molecule has 1 heterocycles. The second kappa shape index (κ2) is 6.03. The zero-order valence-corrected chi connectivity index (χ0v) is 13.1. The number of rotatable bonds is 6. The first-order chi connectivity index (χ1) is 11.3. The number of hydrogen-bond donors (Lipinski definition) is 1. The van der Waals surface area contributed by atoms with Gasteiger partial charge >= 0.3 is 0 Å². The molecule has 0 saturated heterocycles. The van der Waals surface area contributed by atoms with Crippen LogP contribution >= 0.6 is 0 Å². The summed E-state index contributed by atoms with van der Waals surface area (Å²) in [5.41, 5.74) is 1.94. The lowest BCUT2D eigenvalue weighted by Gasteiger charge is -2.16. The molecule has 2 aromatic rings. The predicted molar refractivity (Wildman–Crippen MR) is 90.0 cm³/mol. The molecule has 23 heavy (non-hydrogen) atoms. The van der Waals surface area contributed by atoms with Gasteiger partial charge in [-0.1, -0.05) is 18.2 Å². The van der Waals surface area contributed by atoms with Gasteiger partial charge in [-0.25, -0.2) is 4.68 Å². The van der Waals surface area contributed by atoms with Crippen LogP contribution in [0.5, 0.6) is 0 Å². The quantitative estimate of drug-likeness (QED) is 0.833. The van der Waals surface area contributed by atoms with Crippen LogP contribution in [0.1, 0.15) is 31.2 Å². The number of carbonyl (C=O) groups excluding carboxylic acids is 1. The van der Waals surface area contributed by atoms with Crippen LogP contribution < -0.4 is 5.32 Å². The number of amides is 1. The fourth-order valence-electron chi connectivity index (χ4n) is 3.06. The van der Waals surface area contributed by atoms with E-state index in [0.29, 0.717) is 6.04 Å². The van der Waals surface area contributed by atoms with Gasteiger partial charge in [0.2, 0.25) is 5.91 Å². The van der Waals surface area contributed by atoms with Crippen molar-refractivity contribution in [3.05, 3.63) is 54.4 Å². The van der Waals surface area contributed by atoms with Gasteiger partial charge < -0.3 is 5.32 Å². The lowest BCUT2D eigenvalue weighted by molar-refractivity contribution is -0.117. The lowest BCUT2D eigenvalue weighted by Crippen LogP contribution is -2.37. The van der Waals surface area contributed by atoms with Crippen molar-refractivity contribution >= 4 is 12.0 Å². The van der Waals surface area contributed by atoms with Crippen molar-refractivity contribution in [1.82, 2.24) is 15.1 Å². The molecule has 0 unspecified atom stereocenters. The number of carbonyl (C=O) groups is 1. The first-order valence-electron chi connectivity index (χ1n) is 8.38. The van der Waals surface area contributed by atoms with Gasteiger partial charge in [0, 0.05) is 23.9 Å². The van der Waals surface area contributed by atoms with Crippen LogP contribution in [0, 0.1) is 11.8 Å². The van der Waals surface area contributed by atoms with Crippen molar-refractivity contribution < 1.29 is 4.79 Å². The number of benzene rings is 1. The summed E-state index contributed by atoms with van der Waals surface area (Å²) in [7, 11) is 0. The van der Waals surface area contributed by atoms with Crippen LogP contribution in [0.2, 0.25) is 0 Å². The molecule has 1 amide bonds. The third kappa shape index (κ3) is 3.52. The first kappa shape index (κ1) is 14.2. The Kier molecular flexibility index (Phi) is 3.74. The molecule has 1 aromatic carbocycles. The van der Waals surface area contributed by atoms with E-state index >= 15 is 0 Å². The van der Waals surface area contributed by atoms with Gasteiger partial charge in [0.1, 0.15) is 0 Å². The number of nitrogens with one attached hydrogen (secondary N) is 1. The predicted octanol–water partition coefficient (Wildman–Crippen LogP) is 3.19. The summed E-state index contributed by atoms with van der Waals surface area (Å²) in [6.45, 7) is 0. The first-order valence-corrected chi connectivity index (χ1v) is 8.38. The molecule has 0 spiro atoms. The highest BCUT2D eigenvalue weighted by Crippen LogP contribution is 2.44. The van der Waals surface area contributed by atoms with E-state index in [1.807, 2.05) is 47.3 Å². The van der Waals surface area contributed by atoms with E-state index in [0.717, 1.165) is 23.1 Å². The zero-order valence-electron chi connectivity index (χ0n) is 13.1. The molecular weight excluding hydrogens is 286 g/mol. The van der Waals surface area contributed by atoms with E-state index in [9.17, 15) is 4.79 Å². The second-order valence-corrected chi connectivity index (χ2v) is 6.60. The molecular formula is C19H21N3O. The SMILES string of the molecule is O=C(C=Cc1cnn(-c2ccccc2)c1)NC(C1CC1)C1CC1. The highest BCUT2D eigenvalue weighted by atomic mass is 16.1. The highest BCUT2D eigenvalue weighted by molar-refractivity contribution is 5.91. The summed E-state index contributed by atoms with van der Waals surface area (Å²) >= 11 is 0. The van der Waals surface area contributed by atoms with Gasteiger partial charge in [0.05, 0.1) is 11.9 Å². The van der Waals surface area contributed by atoms with E-state index in [2.05, 4.69) is 10.4 Å². The Labute approximate surface area is 136 Å². The fraction of sp³-hybridized carbons (Fsp3) is 0.368. The Morgan fingerprint density at radius 2 is 1.87 bits per heavy atom. The second-order valence-electron chi connectivity index (χ2n) is 6.60. The van der Waals surface area contributed by atoms with Crippen molar-refractivity contribution in [3.8, 4) is 5.69 Å². The molecule has 2 aliphatic rings. The largest absolute Gasteiger partial charge is 0.349 e. The molecule has 0 aliphatic heterocycles. The maximum Gasteiger partial charge on any atom is 0.244 e. The van der Waals surface area contributed by atoms with Gasteiger partial charge in [-0.15, -0.1) is 0 Å². The molecule has 0 radical (unpaired) electrons. The molecule has 4 heteroatoms. The number of hydrogen-bond acceptors (Lipinski definition) is 2. The van der Waals surface area contributed by atoms with Crippen LogP contribution in [0.25, 0.3) is 11.8 Å². The van der Waals surface area contributed by atoms with Crippen molar-refractivity contribution in [3.63, 3.8) is 0 Å². The minimum absolute atomic E-state index is 0.0151. The van der Waals surface area contributed by atoms with E-state index < -0.39 is 0 Å². The van der Waals surface area contributed by atoms with E-state index in [-0.39, 0.29) is 5.91 Å². The lowest BCUT2D eigenvalue weighted by atomic mass is 10.1. The standard InChI is InChI=1S/C19H21N3O/c23-18(21-19(15-7-8-15)16-9-10-16)11-6-14-12-20-22(13-14)17-4-2-1-3-5-17/h1-6,11-13,15-16,19H,7-10H2,(H,21,23). The normalized spacial score (nSPS) is 17.8. The molecule has 0 atom stereocenters. The Hall–Kier alpha value is -2.36. The number of aromatic nitrogens is 2. The van der Waals surface area contributed by atoms with Crippen molar-refractivity contribution in [1.29, 1.82) is 0 Å². The smallest absolute Gasteiger partial charge is 0.244 e. The van der Waals surface area contributed by atoms with Crippen LogP contribution in [0.4, 0.5) is 0 Å². The third-order valence-corrected chi connectivity index (χ3v) is 4.62. The summed E-state index contributed by atoms with van der Waals surface area (Å²) in [4.78, 5) is 12.1. The van der Waals surface area contributed by atoms with Gasteiger partial charge in [-0.2, -0.15) is 5.10 Å². The Bertz CT molecular complexity index is 699. The molecule has 4 nitrogen and oxygen atoms in total. The van der Waals surface area contributed by atoms with Crippen LogP contribution in [0.15, 0.2) is 48.8 Å². The van der Waals surface area contributed by atoms with E-state index in [4.69, 9.17) is 0 Å². The molecule has 2 aliphatic carbocycles. The van der Waals surface area contributed by atoms with Crippen molar-refractivity contribution in [2.75, 3.05) is 0 Å². The Balaban J connectivity index is 1.38. The van der Waals surface area contributed by atoms with Crippen molar-refractivity contribution in [2.45, 2.75) is 31.7 Å². The van der Waals surface area contributed by atoms with Gasteiger partial charge in [0.15, 0.2) is 0 Å². The molecule has 2 fully saturated rings. The van der Waals surface area contributed by atoms with Crippen molar-refractivity contribution in [2.24, 2.45) is 11.8 Å². The summed E-state index contributed by atoms with van der Waals surface area (Å²) in [5, 5.41) is 7.53. The Morgan fingerprint density at radius 3 is 2.52 bits per heavy atom. The minimum Gasteiger partial charge on any atom is -0.349 e. The molecule has 118 valence electrons. The summed E-state index contributed by atoms with van der Waals surface area (Å²) < 4.78 is 1.81. The van der Waals surface area contributed by atoms with Gasteiger partial charge in [-0.3, -0.25) is 4.79 Å². The monoisotopic (exact) mass is 307 g/mol. The minimum atomic E-state index is 0.0151. The van der Waals surface area contributed by atoms with E-state index in [1.54, 1.807) is 12.3 Å². The number of nitrogens with zero attached hydrogens (tertiary/aromatic N) is 2. The maximum absolute atomic E-state index is 12.1. The number of para-hydroxylation sites is 1. The van der Waals surface area contributed by atoms with Gasteiger partial charge in [-0.05, 0) is 55.7 Å². The zero-order chi connectivity index (χ0) is 15.6. The Morgan fingerprint density at radius 1 is 1.17 bits per heavy atom. The van der Waals surface area contributed by atoms with Crippen LogP contribution in [-0.2, 0) is 4.79 Å².